The van der Waals surface area contributed by atoms with Gasteiger partial charge in [-0.25, -0.2) is 0 Å². The van der Waals surface area contributed by atoms with Crippen LogP contribution in [0.25, 0.3) is 0 Å². The zero-order chi connectivity index (χ0) is 9.73. The van der Waals surface area contributed by atoms with E-state index in [1.165, 1.54) is 0 Å². The molecule has 0 radical (unpaired) electrons. The molecule has 0 fully saturated rings. The van der Waals surface area contributed by atoms with Crippen LogP contribution in [0.4, 0.5) is 0 Å². The highest BCUT2D eigenvalue weighted by Crippen LogP contribution is 2.21. The summed E-state index contributed by atoms with van der Waals surface area (Å²) in [6, 6.07) is 0. The minimum Gasteiger partial charge on any atom is -0.495 e. The van der Waals surface area contributed by atoms with Crippen LogP contribution in [0.1, 0.15) is 26.7 Å². The molecule has 0 bridgehead atoms. The summed E-state index contributed by atoms with van der Waals surface area (Å²) in [6.45, 7) is 5.95. The Morgan fingerprint density at radius 3 is 3.00 bits per heavy atom. The van der Waals surface area contributed by atoms with Gasteiger partial charge in [-0.15, -0.1) is 0 Å². The van der Waals surface area contributed by atoms with Gasteiger partial charge in [-0.1, -0.05) is 6.92 Å². The lowest BCUT2D eigenvalue weighted by atomic mass is 10.0. The second kappa shape index (κ2) is 4.63. The second-order valence-corrected chi connectivity index (χ2v) is 3.61. The van der Waals surface area contributed by atoms with E-state index in [0.29, 0.717) is 6.54 Å². The summed E-state index contributed by atoms with van der Waals surface area (Å²) in [5, 5.41) is 13.1. The highest BCUT2D eigenvalue weighted by Gasteiger charge is 2.27. The fourth-order valence-corrected chi connectivity index (χ4v) is 1.39. The normalized spacial score (nSPS) is 21.6. The maximum Gasteiger partial charge on any atom is 0.131 e. The Kier molecular flexibility index (Phi) is 3.75. The highest BCUT2D eigenvalue weighted by molar-refractivity contribution is 5.10. The molecule has 3 nitrogen and oxygen atoms in total. The van der Waals surface area contributed by atoms with Gasteiger partial charge in [0.2, 0.25) is 0 Å². The summed E-state index contributed by atoms with van der Waals surface area (Å²) in [4.78, 5) is 0. The maximum atomic E-state index is 10.0. The maximum absolute atomic E-state index is 10.0. The van der Waals surface area contributed by atoms with Gasteiger partial charge in [0.25, 0.3) is 0 Å². The van der Waals surface area contributed by atoms with Gasteiger partial charge in [-0.3, -0.25) is 0 Å². The van der Waals surface area contributed by atoms with E-state index in [1.807, 2.05) is 13.0 Å². The van der Waals surface area contributed by atoms with Gasteiger partial charge in [0, 0.05) is 6.54 Å². The second-order valence-electron chi connectivity index (χ2n) is 3.61. The van der Waals surface area contributed by atoms with Crippen LogP contribution in [0.5, 0.6) is 0 Å². The molecule has 2 N–H and O–H groups in total. The predicted octanol–water partition coefficient (Wildman–Crippen LogP) is 1.04. The Balaban J connectivity index is 2.51. The first kappa shape index (κ1) is 10.5. The Morgan fingerprint density at radius 1 is 1.69 bits per heavy atom. The molecule has 0 spiro atoms. The van der Waals surface area contributed by atoms with Crippen molar-refractivity contribution in [3.63, 3.8) is 0 Å². The van der Waals surface area contributed by atoms with Crippen LogP contribution >= 0.6 is 0 Å². The van der Waals surface area contributed by atoms with Gasteiger partial charge >= 0.3 is 0 Å². The fraction of sp³-hybridized carbons (Fsp3) is 0.800. The molecule has 0 aliphatic carbocycles. The molecule has 0 aromatic rings. The van der Waals surface area contributed by atoms with Crippen LogP contribution in [0.3, 0.4) is 0 Å². The quantitative estimate of drug-likeness (QED) is 0.687. The van der Waals surface area contributed by atoms with Crippen molar-refractivity contribution in [2.24, 2.45) is 0 Å². The summed E-state index contributed by atoms with van der Waals surface area (Å²) < 4.78 is 5.41. The van der Waals surface area contributed by atoms with E-state index < -0.39 is 5.60 Å². The number of hydrogen-bond donors (Lipinski definition) is 2. The summed E-state index contributed by atoms with van der Waals surface area (Å²) in [5.74, 6) is 0.722. The molecular formula is C10H19NO2. The number of hydrogen-bond acceptors (Lipinski definition) is 3. The predicted molar refractivity (Wildman–Crippen MR) is 52.4 cm³/mol. The topological polar surface area (TPSA) is 41.5 Å². The lowest BCUT2D eigenvalue weighted by Crippen LogP contribution is -2.41. The summed E-state index contributed by atoms with van der Waals surface area (Å²) in [6.07, 6.45) is 4.05. The van der Waals surface area contributed by atoms with Crippen molar-refractivity contribution in [3.8, 4) is 0 Å². The molecule has 1 aliphatic heterocycles. The average Bonchev–Trinajstić information content (AvgIpc) is 2.16. The Bertz CT molecular complexity index is 187. The van der Waals surface area contributed by atoms with Gasteiger partial charge < -0.3 is 15.2 Å². The van der Waals surface area contributed by atoms with Crippen molar-refractivity contribution in [2.75, 3.05) is 19.7 Å². The highest BCUT2D eigenvalue weighted by atomic mass is 16.5. The number of nitrogens with one attached hydrogen (secondary N) is 1. The van der Waals surface area contributed by atoms with Crippen LogP contribution in [-0.2, 0) is 4.74 Å². The molecule has 13 heavy (non-hydrogen) atoms. The van der Waals surface area contributed by atoms with E-state index in [4.69, 9.17) is 4.74 Å². The van der Waals surface area contributed by atoms with Gasteiger partial charge in [0.1, 0.15) is 11.4 Å². The first-order chi connectivity index (χ1) is 6.17. The van der Waals surface area contributed by atoms with E-state index in [-0.39, 0.29) is 0 Å². The average molecular weight is 185 g/mol. The SMILES string of the molecule is CCNCC(C)(O)C1=CCCCO1. The Morgan fingerprint density at radius 2 is 2.46 bits per heavy atom. The van der Waals surface area contributed by atoms with E-state index >= 15 is 0 Å². The Labute approximate surface area is 79.8 Å². The molecule has 0 amide bonds. The van der Waals surface area contributed by atoms with E-state index in [1.54, 1.807) is 6.92 Å². The summed E-state index contributed by atoms with van der Waals surface area (Å²) in [7, 11) is 0. The summed E-state index contributed by atoms with van der Waals surface area (Å²) in [5.41, 5.74) is -0.851. The van der Waals surface area contributed by atoms with Crippen molar-refractivity contribution in [3.05, 3.63) is 11.8 Å². The first-order valence-electron chi connectivity index (χ1n) is 4.93. The standard InChI is InChI=1S/C10H19NO2/c1-3-11-8-10(2,12)9-6-4-5-7-13-9/h6,11-12H,3-5,7-8H2,1-2H3. The molecule has 0 aromatic heterocycles. The zero-order valence-electron chi connectivity index (χ0n) is 8.47. The van der Waals surface area contributed by atoms with Crippen molar-refractivity contribution in [1.82, 2.24) is 5.32 Å². The number of aliphatic hydroxyl groups is 1. The third kappa shape index (κ3) is 3.01. The molecule has 3 heteroatoms. The van der Waals surface area contributed by atoms with Crippen molar-refractivity contribution >= 4 is 0 Å². The van der Waals surface area contributed by atoms with E-state index in [2.05, 4.69) is 5.32 Å². The van der Waals surface area contributed by atoms with Crippen molar-refractivity contribution in [1.29, 1.82) is 0 Å². The number of ether oxygens (including phenoxy) is 1. The van der Waals surface area contributed by atoms with Gasteiger partial charge in [-0.2, -0.15) is 0 Å². The van der Waals surface area contributed by atoms with E-state index in [9.17, 15) is 5.11 Å². The zero-order valence-corrected chi connectivity index (χ0v) is 8.47. The minimum absolute atomic E-state index is 0.551. The van der Waals surface area contributed by atoms with Crippen molar-refractivity contribution < 1.29 is 9.84 Å². The van der Waals surface area contributed by atoms with Gasteiger partial charge in [0.05, 0.1) is 6.61 Å². The van der Waals surface area contributed by atoms with Crippen molar-refractivity contribution in [2.45, 2.75) is 32.3 Å². The Hall–Kier alpha value is -0.540. The molecule has 1 unspecified atom stereocenters. The fourth-order valence-electron chi connectivity index (χ4n) is 1.39. The van der Waals surface area contributed by atoms with Crippen LogP contribution < -0.4 is 5.32 Å². The third-order valence-electron chi connectivity index (χ3n) is 2.19. The molecule has 0 aromatic carbocycles. The van der Waals surface area contributed by atoms with Gasteiger partial charge in [0.15, 0.2) is 0 Å². The minimum atomic E-state index is -0.851. The molecule has 0 saturated heterocycles. The molecule has 1 aliphatic rings. The third-order valence-corrected chi connectivity index (χ3v) is 2.19. The molecule has 1 heterocycles. The van der Waals surface area contributed by atoms with E-state index in [0.717, 1.165) is 31.8 Å². The molecular weight excluding hydrogens is 166 g/mol. The molecule has 1 rings (SSSR count). The molecule has 1 atom stereocenters. The van der Waals surface area contributed by atoms with Crippen LogP contribution in [0, 0.1) is 0 Å². The largest absolute Gasteiger partial charge is 0.495 e. The van der Waals surface area contributed by atoms with Crippen LogP contribution in [0.2, 0.25) is 0 Å². The number of allylic oxidation sites excluding steroid dienone is 1. The van der Waals surface area contributed by atoms with Crippen LogP contribution in [-0.4, -0.2) is 30.4 Å². The lowest BCUT2D eigenvalue weighted by molar-refractivity contribution is 0.0190. The van der Waals surface area contributed by atoms with Gasteiger partial charge in [-0.05, 0) is 32.4 Å². The van der Waals surface area contributed by atoms with Crippen LogP contribution in [0.15, 0.2) is 11.8 Å². The summed E-state index contributed by atoms with van der Waals surface area (Å²) >= 11 is 0. The first-order valence-corrected chi connectivity index (χ1v) is 4.93. The molecule has 76 valence electrons. The smallest absolute Gasteiger partial charge is 0.131 e. The number of rotatable bonds is 4. The monoisotopic (exact) mass is 185 g/mol. The number of likely N-dealkylation sites (N-methyl/N-ethyl adjacent to an activating group) is 1. The lowest BCUT2D eigenvalue weighted by Gasteiger charge is -2.28. The molecule has 0 saturated carbocycles.